The Morgan fingerprint density at radius 2 is 1.40 bits per heavy atom. The van der Waals surface area contributed by atoms with Gasteiger partial charge in [-0.25, -0.2) is 8.37 Å². The van der Waals surface area contributed by atoms with Crippen molar-refractivity contribution in [1.29, 1.82) is 0 Å². The SMILES string of the molecule is C/N=C/CCOS(=O)(=O)OCC/C=N/C. The van der Waals surface area contributed by atoms with Gasteiger partial charge in [-0.2, -0.15) is 8.42 Å². The predicted molar refractivity (Wildman–Crippen MR) is 58.9 cm³/mol. The monoisotopic (exact) mass is 236 g/mol. The lowest BCUT2D eigenvalue weighted by molar-refractivity contribution is 0.224. The van der Waals surface area contributed by atoms with Gasteiger partial charge >= 0.3 is 10.4 Å². The third kappa shape index (κ3) is 9.51. The minimum atomic E-state index is -3.87. The molecule has 0 radical (unpaired) electrons. The van der Waals surface area contributed by atoms with Crippen LogP contribution >= 0.6 is 0 Å². The molecule has 0 amide bonds. The fraction of sp³-hybridized carbons (Fsp3) is 0.750. The van der Waals surface area contributed by atoms with E-state index in [-0.39, 0.29) is 13.2 Å². The standard InChI is InChI=1S/C8H16N2O4S/c1-9-5-3-7-13-15(11,12)14-8-4-6-10-2/h5-6H,3-4,7-8H2,1-2H3/b9-5+,10-6+. The van der Waals surface area contributed by atoms with Gasteiger partial charge in [0.15, 0.2) is 0 Å². The van der Waals surface area contributed by atoms with Crippen LogP contribution in [-0.2, 0) is 18.8 Å². The number of aliphatic imine (C=N–C) groups is 2. The van der Waals surface area contributed by atoms with Crippen LogP contribution in [0.1, 0.15) is 12.8 Å². The zero-order valence-electron chi connectivity index (χ0n) is 8.92. The van der Waals surface area contributed by atoms with Crippen LogP contribution in [0.4, 0.5) is 0 Å². The van der Waals surface area contributed by atoms with Crippen molar-refractivity contribution < 1.29 is 16.8 Å². The van der Waals surface area contributed by atoms with Gasteiger partial charge in [0, 0.05) is 39.4 Å². The largest absolute Gasteiger partial charge is 0.399 e. The van der Waals surface area contributed by atoms with Crippen molar-refractivity contribution in [2.75, 3.05) is 27.3 Å². The summed E-state index contributed by atoms with van der Waals surface area (Å²) in [5, 5.41) is 0. The molecule has 0 saturated carbocycles. The van der Waals surface area contributed by atoms with Crippen molar-refractivity contribution in [3.63, 3.8) is 0 Å². The van der Waals surface area contributed by atoms with Crippen LogP contribution in [0.25, 0.3) is 0 Å². The van der Waals surface area contributed by atoms with Crippen LogP contribution < -0.4 is 0 Å². The molecule has 0 unspecified atom stereocenters. The molecule has 0 aliphatic rings. The van der Waals surface area contributed by atoms with E-state index in [1.54, 1.807) is 26.5 Å². The molecule has 0 aromatic heterocycles. The maximum Gasteiger partial charge on any atom is 0.399 e. The Morgan fingerprint density at radius 1 is 1.00 bits per heavy atom. The van der Waals surface area contributed by atoms with Crippen LogP contribution in [0.15, 0.2) is 9.98 Å². The van der Waals surface area contributed by atoms with Gasteiger partial charge in [-0.15, -0.1) is 0 Å². The quantitative estimate of drug-likeness (QED) is 0.452. The summed E-state index contributed by atoms with van der Waals surface area (Å²) in [5.74, 6) is 0. The molecule has 0 bridgehead atoms. The van der Waals surface area contributed by atoms with Crippen molar-refractivity contribution in [3.8, 4) is 0 Å². The summed E-state index contributed by atoms with van der Waals surface area (Å²) in [7, 11) is -0.653. The average Bonchev–Trinajstić information content (AvgIpc) is 2.20. The summed E-state index contributed by atoms with van der Waals surface area (Å²) in [6.45, 7) is 0.0864. The van der Waals surface area contributed by atoms with Gasteiger partial charge in [0.25, 0.3) is 0 Å². The second kappa shape index (κ2) is 8.51. The third-order valence-electron chi connectivity index (χ3n) is 1.31. The van der Waals surface area contributed by atoms with Crippen molar-refractivity contribution >= 4 is 22.8 Å². The Labute approximate surface area is 90.4 Å². The fourth-order valence-electron chi connectivity index (χ4n) is 0.698. The molecule has 6 nitrogen and oxygen atoms in total. The normalized spacial score (nSPS) is 12.9. The first-order chi connectivity index (χ1) is 7.12. The summed E-state index contributed by atoms with van der Waals surface area (Å²) in [6, 6.07) is 0. The summed E-state index contributed by atoms with van der Waals surface area (Å²) >= 11 is 0. The van der Waals surface area contributed by atoms with Crippen molar-refractivity contribution in [3.05, 3.63) is 0 Å². The van der Waals surface area contributed by atoms with Crippen LogP contribution in [0.2, 0.25) is 0 Å². The molecule has 7 heteroatoms. The van der Waals surface area contributed by atoms with Gasteiger partial charge in [0.2, 0.25) is 0 Å². The van der Waals surface area contributed by atoms with E-state index < -0.39 is 10.4 Å². The Bertz CT molecular complexity index is 274. The van der Waals surface area contributed by atoms with Gasteiger partial charge < -0.3 is 9.98 Å². The number of nitrogens with zero attached hydrogens (tertiary/aromatic N) is 2. The average molecular weight is 236 g/mol. The van der Waals surface area contributed by atoms with Crippen LogP contribution in [0.3, 0.4) is 0 Å². The molecular formula is C8H16N2O4S. The predicted octanol–water partition coefficient (Wildman–Crippen LogP) is 0.446. The third-order valence-corrected chi connectivity index (χ3v) is 2.23. The number of hydrogen-bond donors (Lipinski definition) is 0. The fourth-order valence-corrected chi connectivity index (χ4v) is 1.37. The lowest BCUT2D eigenvalue weighted by Crippen LogP contribution is -2.12. The molecule has 15 heavy (non-hydrogen) atoms. The van der Waals surface area contributed by atoms with Crippen molar-refractivity contribution in [1.82, 2.24) is 0 Å². The van der Waals surface area contributed by atoms with Crippen LogP contribution in [0.5, 0.6) is 0 Å². The summed E-state index contributed by atoms with van der Waals surface area (Å²) in [5.41, 5.74) is 0. The first-order valence-corrected chi connectivity index (χ1v) is 5.80. The molecule has 0 aliphatic heterocycles. The first-order valence-electron chi connectivity index (χ1n) is 4.47. The highest BCUT2D eigenvalue weighted by Crippen LogP contribution is 1.97. The Morgan fingerprint density at radius 3 is 1.73 bits per heavy atom. The topological polar surface area (TPSA) is 77.3 Å². The second-order valence-corrected chi connectivity index (χ2v) is 3.80. The molecular weight excluding hydrogens is 220 g/mol. The number of hydrogen-bond acceptors (Lipinski definition) is 6. The van der Waals surface area contributed by atoms with Gasteiger partial charge in [0.1, 0.15) is 0 Å². The molecule has 0 rings (SSSR count). The maximum atomic E-state index is 11.0. The first kappa shape index (κ1) is 14.2. The zero-order valence-corrected chi connectivity index (χ0v) is 9.74. The van der Waals surface area contributed by atoms with Crippen molar-refractivity contribution in [2.45, 2.75) is 12.8 Å². The maximum absolute atomic E-state index is 11.0. The Hall–Kier alpha value is -0.790. The smallest absolute Gasteiger partial charge is 0.301 e. The Balaban J connectivity index is 3.67. The lowest BCUT2D eigenvalue weighted by Gasteiger charge is -2.02. The van der Waals surface area contributed by atoms with E-state index in [2.05, 4.69) is 18.4 Å². The van der Waals surface area contributed by atoms with Crippen LogP contribution in [-0.4, -0.2) is 48.2 Å². The van der Waals surface area contributed by atoms with Gasteiger partial charge in [-0.05, 0) is 0 Å². The highest BCUT2D eigenvalue weighted by molar-refractivity contribution is 7.81. The lowest BCUT2D eigenvalue weighted by atomic mass is 10.5. The molecule has 0 heterocycles. The molecule has 0 fully saturated rings. The van der Waals surface area contributed by atoms with E-state index in [4.69, 9.17) is 0 Å². The van der Waals surface area contributed by atoms with Gasteiger partial charge in [-0.1, -0.05) is 0 Å². The Kier molecular flexibility index (Phi) is 8.06. The molecule has 0 saturated heterocycles. The van der Waals surface area contributed by atoms with E-state index in [9.17, 15) is 8.42 Å². The highest BCUT2D eigenvalue weighted by Gasteiger charge is 2.10. The summed E-state index contributed by atoms with van der Waals surface area (Å²) in [4.78, 5) is 7.37. The van der Waals surface area contributed by atoms with E-state index in [1.807, 2.05) is 0 Å². The summed E-state index contributed by atoms with van der Waals surface area (Å²) in [6.07, 6.45) is 4.02. The second-order valence-electron chi connectivity index (χ2n) is 2.51. The molecule has 0 aromatic rings. The van der Waals surface area contributed by atoms with E-state index in [0.717, 1.165) is 0 Å². The molecule has 0 N–H and O–H groups in total. The molecule has 0 spiro atoms. The van der Waals surface area contributed by atoms with E-state index in [0.29, 0.717) is 12.8 Å². The van der Waals surface area contributed by atoms with Gasteiger partial charge in [-0.3, -0.25) is 0 Å². The molecule has 0 aliphatic carbocycles. The highest BCUT2D eigenvalue weighted by atomic mass is 32.3. The number of rotatable bonds is 8. The minimum absolute atomic E-state index is 0.0432. The molecule has 88 valence electrons. The molecule has 0 atom stereocenters. The van der Waals surface area contributed by atoms with Crippen molar-refractivity contribution in [2.24, 2.45) is 9.98 Å². The van der Waals surface area contributed by atoms with E-state index in [1.165, 1.54) is 0 Å². The van der Waals surface area contributed by atoms with E-state index >= 15 is 0 Å². The zero-order chi connectivity index (χ0) is 11.6. The minimum Gasteiger partial charge on any atom is -0.301 e. The summed E-state index contributed by atoms with van der Waals surface area (Å²) < 4.78 is 31.1. The van der Waals surface area contributed by atoms with Gasteiger partial charge in [0.05, 0.1) is 13.2 Å². The molecule has 0 aromatic carbocycles. The van der Waals surface area contributed by atoms with Crippen LogP contribution in [0, 0.1) is 0 Å².